The molecular formula is C12H24N2O5S. The molecule has 0 aromatic rings. The maximum Gasteiger partial charge on any atom is 0.326 e. The van der Waals surface area contributed by atoms with Crippen molar-refractivity contribution in [1.82, 2.24) is 10.0 Å². The Morgan fingerprint density at radius 2 is 1.80 bits per heavy atom. The lowest BCUT2D eigenvalue weighted by Crippen LogP contribution is -2.50. The number of hydrogen-bond acceptors (Lipinski definition) is 4. The van der Waals surface area contributed by atoms with Gasteiger partial charge in [0.25, 0.3) is 0 Å². The van der Waals surface area contributed by atoms with Crippen LogP contribution in [0.5, 0.6) is 0 Å². The van der Waals surface area contributed by atoms with Crippen molar-refractivity contribution < 1.29 is 23.1 Å². The standard InChI is InChI=1S/C12H24N2O5S/c1-4-6-7-10(12(16)17)13-11(15)9(3)14-20(18,19)8-5-2/h9-10,14H,4-8H2,1-3H3,(H,13,15)(H,16,17)/t9?,10-/m0/s1. The molecule has 1 unspecified atom stereocenters. The highest BCUT2D eigenvalue weighted by Crippen LogP contribution is 2.02. The first kappa shape index (κ1) is 18.9. The van der Waals surface area contributed by atoms with E-state index in [0.717, 1.165) is 6.42 Å². The predicted octanol–water partition coefficient (Wildman–Crippen LogP) is 0.464. The van der Waals surface area contributed by atoms with Gasteiger partial charge in [-0.3, -0.25) is 4.79 Å². The molecule has 0 saturated carbocycles. The van der Waals surface area contributed by atoms with Gasteiger partial charge in [-0.2, -0.15) is 0 Å². The molecule has 0 aliphatic heterocycles. The molecule has 3 N–H and O–H groups in total. The Bertz CT molecular complexity index is 422. The van der Waals surface area contributed by atoms with Crippen LogP contribution in [-0.2, 0) is 19.6 Å². The van der Waals surface area contributed by atoms with Crippen molar-refractivity contribution in [2.24, 2.45) is 0 Å². The highest BCUT2D eigenvalue weighted by Gasteiger charge is 2.24. The van der Waals surface area contributed by atoms with Crippen LogP contribution in [0.15, 0.2) is 0 Å². The fraction of sp³-hybridized carbons (Fsp3) is 0.833. The van der Waals surface area contributed by atoms with Gasteiger partial charge in [0.05, 0.1) is 11.8 Å². The van der Waals surface area contributed by atoms with Gasteiger partial charge >= 0.3 is 5.97 Å². The van der Waals surface area contributed by atoms with E-state index >= 15 is 0 Å². The third kappa shape index (κ3) is 7.44. The van der Waals surface area contributed by atoms with Crippen LogP contribution in [0.25, 0.3) is 0 Å². The molecule has 0 spiro atoms. The Kier molecular flexibility index (Phi) is 8.40. The van der Waals surface area contributed by atoms with E-state index < -0.39 is 34.0 Å². The zero-order chi connectivity index (χ0) is 15.8. The molecule has 0 aromatic carbocycles. The summed E-state index contributed by atoms with van der Waals surface area (Å²) in [5, 5.41) is 11.3. The maximum atomic E-state index is 11.8. The van der Waals surface area contributed by atoms with Crippen molar-refractivity contribution in [2.75, 3.05) is 5.75 Å². The second-order valence-corrected chi connectivity index (χ2v) is 6.57. The Morgan fingerprint density at radius 1 is 1.20 bits per heavy atom. The number of carbonyl (C=O) groups is 2. The molecule has 0 aromatic heterocycles. The number of unbranched alkanes of at least 4 members (excludes halogenated alkanes) is 1. The second kappa shape index (κ2) is 8.91. The lowest BCUT2D eigenvalue weighted by atomic mass is 10.1. The van der Waals surface area contributed by atoms with E-state index in [0.29, 0.717) is 19.3 Å². The van der Waals surface area contributed by atoms with Crippen molar-refractivity contribution in [3.8, 4) is 0 Å². The lowest BCUT2D eigenvalue weighted by molar-refractivity contribution is -0.142. The van der Waals surface area contributed by atoms with Gasteiger partial charge in [-0.05, 0) is 19.8 Å². The number of amides is 1. The Labute approximate surface area is 120 Å². The summed E-state index contributed by atoms with van der Waals surface area (Å²) in [4.78, 5) is 22.8. The minimum atomic E-state index is -3.51. The van der Waals surface area contributed by atoms with E-state index in [1.54, 1.807) is 6.92 Å². The molecule has 118 valence electrons. The molecule has 0 aliphatic rings. The lowest BCUT2D eigenvalue weighted by Gasteiger charge is -2.18. The summed E-state index contributed by atoms with van der Waals surface area (Å²) in [5.74, 6) is -1.81. The smallest absolute Gasteiger partial charge is 0.326 e. The van der Waals surface area contributed by atoms with Gasteiger partial charge < -0.3 is 10.4 Å². The SMILES string of the molecule is CCCC[C@H](NC(=O)C(C)NS(=O)(=O)CCC)C(=O)O. The summed E-state index contributed by atoms with van der Waals surface area (Å²) < 4.78 is 25.3. The summed E-state index contributed by atoms with van der Waals surface area (Å²) >= 11 is 0. The summed E-state index contributed by atoms with van der Waals surface area (Å²) in [6, 6.07) is -1.98. The van der Waals surface area contributed by atoms with Gasteiger partial charge in [0.2, 0.25) is 15.9 Å². The summed E-state index contributed by atoms with van der Waals surface area (Å²) in [7, 11) is -3.51. The molecule has 0 fully saturated rings. The quantitative estimate of drug-likeness (QED) is 0.543. The van der Waals surface area contributed by atoms with Gasteiger partial charge in [0.15, 0.2) is 0 Å². The van der Waals surface area contributed by atoms with E-state index in [2.05, 4.69) is 10.0 Å². The normalized spacial score (nSPS) is 14.6. The summed E-state index contributed by atoms with van der Waals surface area (Å²) in [6.07, 6.45) is 2.26. The second-order valence-electron chi connectivity index (χ2n) is 4.70. The molecule has 0 aliphatic carbocycles. The number of nitrogens with one attached hydrogen (secondary N) is 2. The van der Waals surface area contributed by atoms with Crippen molar-refractivity contribution in [3.63, 3.8) is 0 Å². The Morgan fingerprint density at radius 3 is 2.25 bits per heavy atom. The third-order valence-electron chi connectivity index (χ3n) is 2.68. The van der Waals surface area contributed by atoms with Crippen LogP contribution in [0.4, 0.5) is 0 Å². The van der Waals surface area contributed by atoms with E-state index in [1.807, 2.05) is 6.92 Å². The van der Waals surface area contributed by atoms with E-state index in [1.165, 1.54) is 6.92 Å². The molecule has 2 atom stereocenters. The summed E-state index contributed by atoms with van der Waals surface area (Å²) in [5.41, 5.74) is 0. The minimum Gasteiger partial charge on any atom is -0.480 e. The first-order valence-corrected chi connectivity index (χ1v) is 8.41. The Hall–Kier alpha value is -1.15. The molecule has 0 bridgehead atoms. The van der Waals surface area contributed by atoms with Gasteiger partial charge in [-0.15, -0.1) is 0 Å². The molecule has 8 heteroatoms. The predicted molar refractivity (Wildman–Crippen MR) is 75.8 cm³/mol. The average molecular weight is 308 g/mol. The van der Waals surface area contributed by atoms with E-state index in [4.69, 9.17) is 5.11 Å². The van der Waals surface area contributed by atoms with E-state index in [-0.39, 0.29) is 5.75 Å². The topological polar surface area (TPSA) is 113 Å². The zero-order valence-corrected chi connectivity index (χ0v) is 13.0. The first-order chi connectivity index (χ1) is 9.23. The largest absolute Gasteiger partial charge is 0.480 e. The van der Waals surface area contributed by atoms with Crippen LogP contribution in [0, 0.1) is 0 Å². The molecule has 20 heavy (non-hydrogen) atoms. The monoisotopic (exact) mass is 308 g/mol. The van der Waals surface area contributed by atoms with Gasteiger partial charge in [-0.25, -0.2) is 17.9 Å². The maximum absolute atomic E-state index is 11.8. The van der Waals surface area contributed by atoms with Crippen LogP contribution < -0.4 is 10.0 Å². The third-order valence-corrected chi connectivity index (χ3v) is 4.34. The average Bonchev–Trinajstić information content (AvgIpc) is 2.32. The number of carbonyl (C=O) groups excluding carboxylic acids is 1. The zero-order valence-electron chi connectivity index (χ0n) is 12.2. The van der Waals surface area contributed by atoms with Crippen LogP contribution >= 0.6 is 0 Å². The molecule has 7 nitrogen and oxygen atoms in total. The number of carboxylic acid groups (broad SMARTS) is 1. The first-order valence-electron chi connectivity index (χ1n) is 6.76. The number of carboxylic acids is 1. The molecular weight excluding hydrogens is 284 g/mol. The fourth-order valence-electron chi connectivity index (χ4n) is 1.61. The van der Waals surface area contributed by atoms with Crippen molar-refractivity contribution in [2.45, 2.75) is 58.5 Å². The highest BCUT2D eigenvalue weighted by molar-refractivity contribution is 7.89. The van der Waals surface area contributed by atoms with Gasteiger partial charge in [-0.1, -0.05) is 26.7 Å². The van der Waals surface area contributed by atoms with Crippen LogP contribution in [0.3, 0.4) is 0 Å². The van der Waals surface area contributed by atoms with Crippen LogP contribution in [0.2, 0.25) is 0 Å². The van der Waals surface area contributed by atoms with Crippen molar-refractivity contribution in [1.29, 1.82) is 0 Å². The Balaban J connectivity index is 4.53. The summed E-state index contributed by atoms with van der Waals surface area (Å²) in [6.45, 7) is 5.03. The molecule has 0 rings (SSSR count). The van der Waals surface area contributed by atoms with Crippen molar-refractivity contribution >= 4 is 21.9 Å². The molecule has 0 saturated heterocycles. The highest BCUT2D eigenvalue weighted by atomic mass is 32.2. The van der Waals surface area contributed by atoms with E-state index in [9.17, 15) is 18.0 Å². The van der Waals surface area contributed by atoms with Crippen molar-refractivity contribution in [3.05, 3.63) is 0 Å². The fourth-order valence-corrected chi connectivity index (χ4v) is 2.91. The number of rotatable bonds is 10. The molecule has 0 heterocycles. The number of aliphatic carboxylic acids is 1. The van der Waals surface area contributed by atoms with Crippen LogP contribution in [-0.4, -0.2) is 43.2 Å². The molecule has 0 radical (unpaired) electrons. The molecule has 1 amide bonds. The van der Waals surface area contributed by atoms with Crippen LogP contribution in [0.1, 0.15) is 46.5 Å². The minimum absolute atomic E-state index is 0.0667. The van der Waals surface area contributed by atoms with Gasteiger partial charge in [0.1, 0.15) is 6.04 Å². The number of sulfonamides is 1. The van der Waals surface area contributed by atoms with Gasteiger partial charge in [0, 0.05) is 0 Å². The number of hydrogen-bond donors (Lipinski definition) is 3.